The van der Waals surface area contributed by atoms with Crippen molar-refractivity contribution in [2.24, 2.45) is 0 Å². The molecule has 1 unspecified atom stereocenters. The van der Waals surface area contributed by atoms with E-state index in [1.165, 1.54) is 0 Å². The Balaban J connectivity index is 1.84. The van der Waals surface area contributed by atoms with Crippen LogP contribution in [-0.2, 0) is 11.2 Å². The SMILES string of the molecule is O=C(Cc1ccccc1)c1ccccc1C1CO1. The number of Topliss-reactive ketones (excluding diaryl/α,β-unsaturated/α-hetero) is 1. The van der Waals surface area contributed by atoms with Gasteiger partial charge in [-0.3, -0.25) is 4.79 Å². The van der Waals surface area contributed by atoms with Gasteiger partial charge < -0.3 is 4.74 Å². The number of hydrogen-bond acceptors (Lipinski definition) is 2. The minimum atomic E-state index is 0.126. The molecule has 18 heavy (non-hydrogen) atoms. The predicted octanol–water partition coefficient (Wildman–Crippen LogP) is 3.18. The van der Waals surface area contributed by atoms with Crippen LogP contribution in [0.15, 0.2) is 54.6 Å². The van der Waals surface area contributed by atoms with Gasteiger partial charge in [0.15, 0.2) is 5.78 Å². The second-order valence-electron chi connectivity index (χ2n) is 4.49. The van der Waals surface area contributed by atoms with Crippen molar-refractivity contribution < 1.29 is 9.53 Å². The van der Waals surface area contributed by atoms with Crippen molar-refractivity contribution in [1.82, 2.24) is 0 Å². The van der Waals surface area contributed by atoms with Crippen molar-refractivity contribution >= 4 is 5.78 Å². The first kappa shape index (κ1) is 11.2. The van der Waals surface area contributed by atoms with Crippen molar-refractivity contribution in [2.75, 3.05) is 6.61 Å². The van der Waals surface area contributed by atoms with E-state index in [2.05, 4.69) is 0 Å². The number of carbonyl (C=O) groups is 1. The Bertz CT molecular complexity index is 556. The van der Waals surface area contributed by atoms with E-state index in [1.54, 1.807) is 0 Å². The number of ether oxygens (including phenoxy) is 1. The van der Waals surface area contributed by atoms with E-state index in [0.717, 1.165) is 23.3 Å². The van der Waals surface area contributed by atoms with Crippen molar-refractivity contribution in [3.8, 4) is 0 Å². The quantitative estimate of drug-likeness (QED) is 0.604. The van der Waals surface area contributed by atoms with Gasteiger partial charge in [0.1, 0.15) is 6.10 Å². The van der Waals surface area contributed by atoms with E-state index in [4.69, 9.17) is 4.74 Å². The van der Waals surface area contributed by atoms with E-state index in [1.807, 2.05) is 54.6 Å². The lowest BCUT2D eigenvalue weighted by Gasteiger charge is -2.06. The lowest BCUT2D eigenvalue weighted by Crippen LogP contribution is -2.06. The molecule has 2 heteroatoms. The summed E-state index contributed by atoms with van der Waals surface area (Å²) in [4.78, 5) is 12.3. The number of benzene rings is 2. The highest BCUT2D eigenvalue weighted by Gasteiger charge is 2.28. The molecule has 0 amide bonds. The van der Waals surface area contributed by atoms with Crippen LogP contribution >= 0.6 is 0 Å². The molecule has 0 bridgehead atoms. The zero-order valence-corrected chi connectivity index (χ0v) is 10.0. The zero-order chi connectivity index (χ0) is 12.4. The van der Waals surface area contributed by atoms with Gasteiger partial charge in [-0.05, 0) is 11.1 Å². The fourth-order valence-electron chi connectivity index (χ4n) is 2.14. The number of hydrogen-bond donors (Lipinski definition) is 0. The third kappa shape index (κ3) is 2.34. The van der Waals surface area contributed by atoms with Gasteiger partial charge in [0.05, 0.1) is 6.61 Å². The summed E-state index contributed by atoms with van der Waals surface area (Å²) in [5.41, 5.74) is 2.87. The Labute approximate surface area is 106 Å². The Hall–Kier alpha value is -1.93. The highest BCUT2D eigenvalue weighted by atomic mass is 16.6. The van der Waals surface area contributed by atoms with Crippen LogP contribution in [0.25, 0.3) is 0 Å². The molecule has 1 fully saturated rings. The molecule has 0 spiro atoms. The van der Waals surface area contributed by atoms with Crippen LogP contribution in [0.2, 0.25) is 0 Å². The first-order valence-corrected chi connectivity index (χ1v) is 6.12. The van der Waals surface area contributed by atoms with Gasteiger partial charge in [-0.25, -0.2) is 0 Å². The smallest absolute Gasteiger partial charge is 0.167 e. The Kier molecular flexibility index (Phi) is 2.95. The number of epoxide rings is 1. The van der Waals surface area contributed by atoms with E-state index in [9.17, 15) is 4.79 Å². The molecule has 1 atom stereocenters. The molecule has 1 aliphatic heterocycles. The molecule has 90 valence electrons. The fourth-order valence-corrected chi connectivity index (χ4v) is 2.14. The Morgan fingerprint density at radius 2 is 1.72 bits per heavy atom. The topological polar surface area (TPSA) is 29.6 Å². The summed E-state index contributed by atoms with van der Waals surface area (Å²) in [6.07, 6.45) is 0.575. The minimum Gasteiger partial charge on any atom is -0.368 e. The maximum absolute atomic E-state index is 12.3. The minimum absolute atomic E-state index is 0.126. The molecular formula is C16H14O2. The second-order valence-corrected chi connectivity index (χ2v) is 4.49. The fraction of sp³-hybridized carbons (Fsp3) is 0.188. The first-order chi connectivity index (χ1) is 8.84. The summed E-state index contributed by atoms with van der Waals surface area (Å²) in [5, 5.41) is 0. The number of rotatable bonds is 4. The molecular weight excluding hydrogens is 224 g/mol. The second kappa shape index (κ2) is 4.75. The first-order valence-electron chi connectivity index (χ1n) is 6.12. The highest BCUT2D eigenvalue weighted by molar-refractivity contribution is 5.99. The molecule has 3 rings (SSSR count). The molecule has 1 saturated heterocycles. The Morgan fingerprint density at radius 3 is 2.44 bits per heavy atom. The molecule has 2 nitrogen and oxygen atoms in total. The molecule has 1 heterocycles. The van der Waals surface area contributed by atoms with E-state index in [-0.39, 0.29) is 11.9 Å². The van der Waals surface area contributed by atoms with Crippen molar-refractivity contribution in [2.45, 2.75) is 12.5 Å². The van der Waals surface area contributed by atoms with Gasteiger partial charge in [0.25, 0.3) is 0 Å². The van der Waals surface area contributed by atoms with Gasteiger partial charge in [0, 0.05) is 12.0 Å². The van der Waals surface area contributed by atoms with Crippen LogP contribution in [0.1, 0.15) is 27.6 Å². The molecule has 0 N–H and O–H groups in total. The molecule has 2 aromatic rings. The predicted molar refractivity (Wildman–Crippen MR) is 69.6 cm³/mol. The van der Waals surface area contributed by atoms with Gasteiger partial charge >= 0.3 is 0 Å². The molecule has 0 saturated carbocycles. The van der Waals surface area contributed by atoms with Crippen LogP contribution in [0, 0.1) is 0 Å². The zero-order valence-electron chi connectivity index (χ0n) is 10.0. The standard InChI is InChI=1S/C16H14O2/c17-15(10-12-6-2-1-3-7-12)13-8-4-5-9-14(13)16-11-18-16/h1-9,16H,10-11H2. The summed E-state index contributed by atoms with van der Waals surface area (Å²) >= 11 is 0. The van der Waals surface area contributed by atoms with E-state index >= 15 is 0 Å². The maximum atomic E-state index is 12.3. The van der Waals surface area contributed by atoms with E-state index in [0.29, 0.717) is 6.42 Å². The van der Waals surface area contributed by atoms with Gasteiger partial charge in [-0.1, -0.05) is 54.6 Å². The molecule has 0 aliphatic carbocycles. The lowest BCUT2D eigenvalue weighted by molar-refractivity contribution is 0.0991. The van der Waals surface area contributed by atoms with Crippen molar-refractivity contribution in [3.05, 3.63) is 71.3 Å². The maximum Gasteiger partial charge on any atom is 0.167 e. The van der Waals surface area contributed by atoms with Crippen LogP contribution < -0.4 is 0 Å². The van der Waals surface area contributed by atoms with Gasteiger partial charge in [0.2, 0.25) is 0 Å². The van der Waals surface area contributed by atoms with Crippen LogP contribution in [0.4, 0.5) is 0 Å². The van der Waals surface area contributed by atoms with Crippen molar-refractivity contribution in [3.63, 3.8) is 0 Å². The largest absolute Gasteiger partial charge is 0.368 e. The summed E-state index contributed by atoms with van der Waals surface area (Å²) in [6.45, 7) is 0.732. The summed E-state index contributed by atoms with van der Waals surface area (Å²) in [7, 11) is 0. The average molecular weight is 238 g/mol. The van der Waals surface area contributed by atoms with Crippen LogP contribution in [0.3, 0.4) is 0 Å². The molecule has 1 aliphatic rings. The molecule has 0 radical (unpaired) electrons. The molecule has 0 aromatic heterocycles. The number of carbonyl (C=O) groups excluding carboxylic acids is 1. The lowest BCUT2D eigenvalue weighted by atomic mass is 9.97. The monoisotopic (exact) mass is 238 g/mol. The normalized spacial score (nSPS) is 17.4. The van der Waals surface area contributed by atoms with Crippen LogP contribution in [-0.4, -0.2) is 12.4 Å². The highest BCUT2D eigenvalue weighted by Crippen LogP contribution is 2.32. The summed E-state index contributed by atoms with van der Waals surface area (Å²) < 4.78 is 5.28. The third-order valence-corrected chi connectivity index (χ3v) is 3.15. The van der Waals surface area contributed by atoms with E-state index < -0.39 is 0 Å². The summed E-state index contributed by atoms with van der Waals surface area (Å²) in [6, 6.07) is 17.6. The summed E-state index contributed by atoms with van der Waals surface area (Å²) in [5.74, 6) is 0.160. The van der Waals surface area contributed by atoms with Crippen LogP contribution in [0.5, 0.6) is 0 Å². The molecule has 2 aromatic carbocycles. The number of ketones is 1. The Morgan fingerprint density at radius 1 is 1.06 bits per heavy atom. The average Bonchev–Trinajstić information content (AvgIpc) is 3.24. The van der Waals surface area contributed by atoms with Gasteiger partial charge in [-0.2, -0.15) is 0 Å². The van der Waals surface area contributed by atoms with Gasteiger partial charge in [-0.15, -0.1) is 0 Å². The van der Waals surface area contributed by atoms with Crippen molar-refractivity contribution in [1.29, 1.82) is 0 Å². The third-order valence-electron chi connectivity index (χ3n) is 3.15.